The first-order chi connectivity index (χ1) is 10.1. The SMILES string of the molecule is CN1N=C(N)C(=Nc2cnn(C)c2NCCO)C1CCO. The van der Waals surface area contributed by atoms with Crippen LogP contribution in [-0.4, -0.2) is 69.4 Å². The van der Waals surface area contributed by atoms with Gasteiger partial charge in [0.1, 0.15) is 17.2 Å². The minimum absolute atomic E-state index is 0.0145. The van der Waals surface area contributed by atoms with E-state index < -0.39 is 0 Å². The van der Waals surface area contributed by atoms with Gasteiger partial charge in [0.2, 0.25) is 0 Å². The molecule has 0 saturated heterocycles. The van der Waals surface area contributed by atoms with Crippen molar-refractivity contribution in [3.05, 3.63) is 6.20 Å². The van der Waals surface area contributed by atoms with Crippen molar-refractivity contribution >= 4 is 23.1 Å². The van der Waals surface area contributed by atoms with E-state index in [-0.39, 0.29) is 19.3 Å². The summed E-state index contributed by atoms with van der Waals surface area (Å²) >= 11 is 0. The minimum atomic E-state index is -0.152. The Bertz CT molecular complexity index is 552. The molecule has 0 amide bonds. The zero-order valence-corrected chi connectivity index (χ0v) is 12.2. The number of anilines is 1. The van der Waals surface area contributed by atoms with E-state index in [1.165, 1.54) is 0 Å². The van der Waals surface area contributed by atoms with Crippen LogP contribution in [0.15, 0.2) is 16.3 Å². The fraction of sp³-hybridized carbons (Fsp3) is 0.583. The normalized spacial score (nSPS) is 20.2. The van der Waals surface area contributed by atoms with Crippen molar-refractivity contribution in [3.8, 4) is 0 Å². The lowest BCUT2D eigenvalue weighted by Gasteiger charge is -2.17. The van der Waals surface area contributed by atoms with Gasteiger partial charge in [0.05, 0.1) is 18.8 Å². The molecule has 1 atom stereocenters. The number of aliphatic hydroxyl groups excluding tert-OH is 2. The van der Waals surface area contributed by atoms with Crippen molar-refractivity contribution in [2.45, 2.75) is 12.5 Å². The van der Waals surface area contributed by atoms with Gasteiger partial charge >= 0.3 is 0 Å². The van der Waals surface area contributed by atoms with Gasteiger partial charge in [-0.15, -0.1) is 0 Å². The molecule has 0 bridgehead atoms. The van der Waals surface area contributed by atoms with E-state index in [1.807, 2.05) is 0 Å². The summed E-state index contributed by atoms with van der Waals surface area (Å²) in [4.78, 5) is 4.54. The van der Waals surface area contributed by atoms with Gasteiger partial charge in [0, 0.05) is 27.2 Å². The number of nitrogens with one attached hydrogen (secondary N) is 1. The molecular weight excluding hydrogens is 274 g/mol. The first-order valence-corrected chi connectivity index (χ1v) is 6.72. The molecule has 2 rings (SSSR count). The summed E-state index contributed by atoms with van der Waals surface area (Å²) in [7, 11) is 3.58. The molecule has 116 valence electrons. The van der Waals surface area contributed by atoms with Crippen molar-refractivity contribution in [1.29, 1.82) is 0 Å². The lowest BCUT2D eigenvalue weighted by atomic mass is 10.1. The number of aromatic nitrogens is 2. The van der Waals surface area contributed by atoms with E-state index in [2.05, 4.69) is 20.5 Å². The lowest BCUT2D eigenvalue weighted by molar-refractivity contribution is 0.233. The number of aliphatic hydroxyl groups is 2. The number of nitrogens with two attached hydrogens (primary N) is 1. The van der Waals surface area contributed by atoms with Crippen molar-refractivity contribution in [1.82, 2.24) is 14.8 Å². The fourth-order valence-electron chi connectivity index (χ4n) is 2.23. The standard InChI is InChI=1S/C12H21N7O2/c1-18-9(3-5-20)10(11(13)17-18)16-8-7-15-19(2)12(8)14-4-6-21/h7,9,14,20-21H,3-6H2,1-2H3,(H2,13,17). The maximum Gasteiger partial charge on any atom is 0.167 e. The van der Waals surface area contributed by atoms with Gasteiger partial charge in [-0.2, -0.15) is 10.2 Å². The summed E-state index contributed by atoms with van der Waals surface area (Å²) < 4.78 is 1.64. The van der Waals surface area contributed by atoms with Crippen LogP contribution in [0.4, 0.5) is 11.5 Å². The zero-order chi connectivity index (χ0) is 15.4. The summed E-state index contributed by atoms with van der Waals surface area (Å²) in [6, 6.07) is -0.152. The van der Waals surface area contributed by atoms with E-state index in [0.717, 1.165) is 0 Å². The van der Waals surface area contributed by atoms with Crippen LogP contribution in [-0.2, 0) is 7.05 Å². The predicted octanol–water partition coefficient (Wildman–Crippen LogP) is -1.13. The molecule has 21 heavy (non-hydrogen) atoms. The van der Waals surface area contributed by atoms with Gasteiger partial charge in [-0.05, 0) is 6.42 Å². The van der Waals surface area contributed by atoms with Crippen LogP contribution in [0.25, 0.3) is 0 Å². The van der Waals surface area contributed by atoms with Gasteiger partial charge in [-0.1, -0.05) is 0 Å². The summed E-state index contributed by atoms with van der Waals surface area (Å²) in [6.45, 7) is 0.446. The quantitative estimate of drug-likeness (QED) is 0.526. The third kappa shape index (κ3) is 3.14. The van der Waals surface area contributed by atoms with Crippen LogP contribution >= 0.6 is 0 Å². The summed E-state index contributed by atoms with van der Waals surface area (Å²) in [5.41, 5.74) is 7.14. The van der Waals surface area contributed by atoms with Crippen LogP contribution in [0, 0.1) is 0 Å². The van der Waals surface area contributed by atoms with Crippen LogP contribution in [0.5, 0.6) is 0 Å². The van der Waals surface area contributed by atoms with E-state index >= 15 is 0 Å². The van der Waals surface area contributed by atoms with Gasteiger partial charge in [-0.25, -0.2) is 4.99 Å². The molecule has 0 fully saturated rings. The van der Waals surface area contributed by atoms with Gasteiger partial charge in [0.15, 0.2) is 5.84 Å². The van der Waals surface area contributed by atoms with Crippen LogP contribution < -0.4 is 11.1 Å². The fourth-order valence-corrected chi connectivity index (χ4v) is 2.23. The molecule has 0 aliphatic carbocycles. The van der Waals surface area contributed by atoms with E-state index in [4.69, 9.17) is 15.9 Å². The van der Waals surface area contributed by atoms with Crippen LogP contribution in [0.3, 0.4) is 0 Å². The molecule has 9 nitrogen and oxygen atoms in total. The monoisotopic (exact) mass is 295 g/mol. The number of hydrazone groups is 1. The van der Waals surface area contributed by atoms with Crippen molar-refractivity contribution in [2.24, 2.45) is 22.9 Å². The average Bonchev–Trinajstić information content (AvgIpc) is 2.92. The summed E-state index contributed by atoms with van der Waals surface area (Å²) in [6.07, 6.45) is 2.12. The second-order valence-electron chi connectivity index (χ2n) is 4.74. The molecule has 1 aromatic heterocycles. The van der Waals surface area contributed by atoms with Crippen molar-refractivity contribution in [2.75, 3.05) is 32.1 Å². The Labute approximate surface area is 122 Å². The Morgan fingerprint density at radius 1 is 1.38 bits per heavy atom. The Hall–Kier alpha value is -2.13. The third-order valence-corrected chi connectivity index (χ3v) is 3.26. The molecule has 0 aromatic carbocycles. The highest BCUT2D eigenvalue weighted by molar-refractivity contribution is 6.44. The highest BCUT2D eigenvalue weighted by Crippen LogP contribution is 2.26. The molecule has 0 spiro atoms. The molecule has 9 heteroatoms. The largest absolute Gasteiger partial charge is 0.396 e. The number of rotatable bonds is 6. The topological polar surface area (TPSA) is 124 Å². The average molecular weight is 295 g/mol. The Morgan fingerprint density at radius 2 is 2.14 bits per heavy atom. The van der Waals surface area contributed by atoms with Crippen molar-refractivity contribution < 1.29 is 10.2 Å². The first kappa shape index (κ1) is 15.3. The highest BCUT2D eigenvalue weighted by Gasteiger charge is 2.29. The smallest absolute Gasteiger partial charge is 0.167 e. The maximum atomic E-state index is 9.16. The molecule has 1 unspecified atom stereocenters. The Morgan fingerprint density at radius 3 is 2.81 bits per heavy atom. The Balaban J connectivity index is 2.31. The highest BCUT2D eigenvalue weighted by atomic mass is 16.3. The lowest BCUT2D eigenvalue weighted by Crippen LogP contribution is -2.34. The summed E-state index contributed by atoms with van der Waals surface area (Å²) in [5.74, 6) is 1.04. The number of hydrogen-bond acceptors (Lipinski definition) is 8. The number of aryl methyl sites for hydroxylation is 1. The van der Waals surface area contributed by atoms with Gasteiger partial charge in [0.25, 0.3) is 0 Å². The molecule has 1 aromatic rings. The Kier molecular flexibility index (Phi) is 4.76. The molecule has 0 saturated carbocycles. The molecular formula is C12H21N7O2. The van der Waals surface area contributed by atoms with Gasteiger partial charge in [-0.3, -0.25) is 9.69 Å². The second-order valence-corrected chi connectivity index (χ2v) is 4.74. The molecule has 1 aliphatic rings. The third-order valence-electron chi connectivity index (χ3n) is 3.26. The zero-order valence-electron chi connectivity index (χ0n) is 12.2. The number of amidine groups is 1. The number of hydrogen-bond donors (Lipinski definition) is 4. The maximum absolute atomic E-state index is 9.16. The van der Waals surface area contributed by atoms with Gasteiger partial charge < -0.3 is 21.3 Å². The number of nitrogens with zero attached hydrogens (tertiary/aromatic N) is 5. The molecule has 1 aliphatic heterocycles. The molecule has 0 radical (unpaired) electrons. The first-order valence-electron chi connectivity index (χ1n) is 6.72. The predicted molar refractivity (Wildman–Crippen MR) is 80.8 cm³/mol. The van der Waals surface area contributed by atoms with Crippen LogP contribution in [0.2, 0.25) is 0 Å². The summed E-state index contributed by atoms with van der Waals surface area (Å²) in [5, 5.41) is 31.1. The van der Waals surface area contributed by atoms with E-state index in [9.17, 15) is 0 Å². The van der Waals surface area contributed by atoms with E-state index in [0.29, 0.717) is 36.0 Å². The van der Waals surface area contributed by atoms with Crippen molar-refractivity contribution in [3.63, 3.8) is 0 Å². The second kappa shape index (κ2) is 6.55. The molecule has 2 heterocycles. The molecule has 5 N–H and O–H groups in total. The minimum Gasteiger partial charge on any atom is -0.396 e. The van der Waals surface area contributed by atoms with Crippen LogP contribution in [0.1, 0.15) is 6.42 Å². The van der Waals surface area contributed by atoms with E-state index in [1.54, 1.807) is 30.0 Å². The number of aliphatic imine (C=N–C) groups is 1.